The predicted molar refractivity (Wildman–Crippen MR) is 92.6 cm³/mol. The molecule has 0 spiro atoms. The molecule has 1 aromatic rings. The van der Waals surface area contributed by atoms with Gasteiger partial charge in [-0.25, -0.2) is 4.79 Å². The number of hydrogen-bond donors (Lipinski definition) is 0. The second-order valence-electron chi connectivity index (χ2n) is 5.63. The largest absolute Gasteiger partial charge is 0.510 e. The Morgan fingerprint density at radius 3 is 2.46 bits per heavy atom. The minimum atomic E-state index is -1.03. The van der Waals surface area contributed by atoms with Crippen LogP contribution in [0.15, 0.2) is 12.1 Å². The zero-order valence-electron chi connectivity index (χ0n) is 13.4. The van der Waals surface area contributed by atoms with Crippen molar-refractivity contribution >= 4 is 46.9 Å². The highest BCUT2D eigenvalue weighted by molar-refractivity contribution is 6.39. The van der Waals surface area contributed by atoms with E-state index in [4.69, 9.17) is 44.3 Å². The summed E-state index contributed by atoms with van der Waals surface area (Å²) in [5.41, 5.74) is -0.535. The van der Waals surface area contributed by atoms with Crippen LogP contribution in [-0.4, -0.2) is 35.8 Å². The molecule has 0 saturated carbocycles. The summed E-state index contributed by atoms with van der Waals surface area (Å²) in [6.07, 6.45) is 0.474. The molecule has 0 N–H and O–H groups in total. The van der Waals surface area contributed by atoms with Crippen LogP contribution in [0.4, 0.5) is 4.79 Å². The second kappa shape index (κ2) is 7.81. The van der Waals surface area contributed by atoms with Crippen LogP contribution in [0.2, 0.25) is 15.1 Å². The summed E-state index contributed by atoms with van der Waals surface area (Å²) >= 11 is 18.2. The number of likely N-dealkylation sites (tertiary alicyclic amines) is 1. The fourth-order valence-corrected chi connectivity index (χ4v) is 3.70. The van der Waals surface area contributed by atoms with Crippen molar-refractivity contribution in [2.45, 2.75) is 38.8 Å². The van der Waals surface area contributed by atoms with Crippen molar-refractivity contribution in [3.8, 4) is 0 Å². The first-order valence-corrected chi connectivity index (χ1v) is 8.70. The number of nitrogens with zero attached hydrogens (tertiary/aromatic N) is 1. The maximum absolute atomic E-state index is 12.7. The van der Waals surface area contributed by atoms with Crippen LogP contribution in [0.5, 0.6) is 0 Å². The Kier molecular flexibility index (Phi) is 6.23. The maximum atomic E-state index is 12.7. The van der Waals surface area contributed by atoms with Crippen LogP contribution in [0.3, 0.4) is 0 Å². The maximum Gasteiger partial charge on any atom is 0.510 e. The summed E-state index contributed by atoms with van der Waals surface area (Å²) in [6, 6.07) is 3.08. The van der Waals surface area contributed by atoms with Crippen LogP contribution in [0.1, 0.15) is 32.3 Å². The smallest absolute Gasteiger partial charge is 0.435 e. The van der Waals surface area contributed by atoms with Gasteiger partial charge in [-0.15, -0.1) is 0 Å². The molecule has 1 atom stereocenters. The van der Waals surface area contributed by atoms with E-state index in [0.29, 0.717) is 33.6 Å². The Balaban J connectivity index is 2.15. The molecule has 1 amide bonds. The summed E-state index contributed by atoms with van der Waals surface area (Å²) in [7, 11) is 0. The fourth-order valence-electron chi connectivity index (χ4n) is 2.75. The van der Waals surface area contributed by atoms with Gasteiger partial charge in [-0.2, -0.15) is 0 Å². The van der Waals surface area contributed by atoms with Crippen molar-refractivity contribution in [2.24, 2.45) is 0 Å². The molecular weight excluding hydrogens is 377 g/mol. The molecule has 1 saturated heterocycles. The zero-order chi connectivity index (χ0) is 17.9. The second-order valence-corrected chi connectivity index (χ2v) is 6.88. The van der Waals surface area contributed by atoms with Crippen LogP contribution in [0.25, 0.3) is 0 Å². The van der Waals surface area contributed by atoms with Gasteiger partial charge in [0.25, 0.3) is 0 Å². The Bertz CT molecular complexity index is 629. The summed E-state index contributed by atoms with van der Waals surface area (Å²) in [6.45, 7) is 4.07. The van der Waals surface area contributed by atoms with E-state index in [2.05, 4.69) is 0 Å². The van der Waals surface area contributed by atoms with Crippen LogP contribution in [-0.2, 0) is 20.7 Å². The molecular formula is C16H18Cl3NO4. The summed E-state index contributed by atoms with van der Waals surface area (Å²) in [5, 5.41) is 1.05. The van der Waals surface area contributed by atoms with Crippen molar-refractivity contribution in [1.82, 2.24) is 4.90 Å². The van der Waals surface area contributed by atoms with Gasteiger partial charge in [-0.05, 0) is 38.0 Å². The van der Waals surface area contributed by atoms with E-state index in [1.54, 1.807) is 13.8 Å². The molecule has 2 rings (SSSR count). The number of rotatable bonds is 4. The standard InChI is InChI=1S/C16H18Cl3NO4/c1-3-23-15(22)24-16(2)5-4-6-20(16)14(21)9-11-12(18)7-10(17)8-13(11)19/h7-8H,3-6,9H2,1-2H3. The number of carbonyl (C=O) groups is 2. The molecule has 5 nitrogen and oxygen atoms in total. The average molecular weight is 395 g/mol. The molecule has 24 heavy (non-hydrogen) atoms. The predicted octanol–water partition coefficient (Wildman–Crippen LogP) is 4.70. The first-order valence-electron chi connectivity index (χ1n) is 7.56. The monoisotopic (exact) mass is 393 g/mol. The number of carbonyl (C=O) groups excluding carboxylic acids is 2. The van der Waals surface area contributed by atoms with E-state index in [0.717, 1.165) is 6.42 Å². The number of hydrogen-bond acceptors (Lipinski definition) is 4. The SMILES string of the molecule is CCOC(=O)OC1(C)CCCN1C(=O)Cc1c(Cl)cc(Cl)cc1Cl. The lowest BCUT2D eigenvalue weighted by Crippen LogP contribution is -2.48. The normalized spacial score (nSPS) is 20.1. The third kappa shape index (κ3) is 4.26. The van der Waals surface area contributed by atoms with Gasteiger partial charge in [0, 0.05) is 28.0 Å². The topological polar surface area (TPSA) is 55.8 Å². The summed E-state index contributed by atoms with van der Waals surface area (Å²) in [4.78, 5) is 25.9. The quantitative estimate of drug-likeness (QED) is 0.695. The van der Waals surface area contributed by atoms with Crippen LogP contribution in [0, 0.1) is 0 Å². The van der Waals surface area contributed by atoms with Gasteiger partial charge >= 0.3 is 6.16 Å². The lowest BCUT2D eigenvalue weighted by Gasteiger charge is -2.34. The van der Waals surface area contributed by atoms with Gasteiger partial charge in [-0.1, -0.05) is 34.8 Å². The first kappa shape index (κ1) is 19.2. The van der Waals surface area contributed by atoms with Gasteiger partial charge < -0.3 is 14.4 Å². The highest BCUT2D eigenvalue weighted by Crippen LogP contribution is 2.34. The Morgan fingerprint density at radius 1 is 1.25 bits per heavy atom. The van der Waals surface area contributed by atoms with Gasteiger partial charge in [0.1, 0.15) is 0 Å². The number of amides is 1. The van der Waals surface area contributed by atoms with E-state index in [9.17, 15) is 9.59 Å². The molecule has 0 bridgehead atoms. The van der Waals surface area contributed by atoms with Crippen molar-refractivity contribution in [2.75, 3.05) is 13.2 Å². The third-order valence-electron chi connectivity index (χ3n) is 3.89. The van der Waals surface area contributed by atoms with Gasteiger partial charge in [0.15, 0.2) is 5.72 Å². The summed E-state index contributed by atoms with van der Waals surface area (Å²) in [5.74, 6) is -0.231. The molecule has 1 aliphatic rings. The fraction of sp³-hybridized carbons (Fsp3) is 0.500. The highest BCUT2D eigenvalue weighted by Gasteiger charge is 2.43. The Hall–Kier alpha value is -1.17. The average Bonchev–Trinajstić information content (AvgIpc) is 2.84. The third-order valence-corrected chi connectivity index (χ3v) is 4.79. The van der Waals surface area contributed by atoms with Crippen molar-refractivity contribution in [3.05, 3.63) is 32.8 Å². The molecule has 8 heteroatoms. The van der Waals surface area contributed by atoms with Gasteiger partial charge in [0.2, 0.25) is 5.91 Å². The first-order chi connectivity index (χ1) is 11.3. The lowest BCUT2D eigenvalue weighted by molar-refractivity contribution is -0.152. The highest BCUT2D eigenvalue weighted by atomic mass is 35.5. The number of benzene rings is 1. The van der Waals surface area contributed by atoms with Gasteiger partial charge in [0.05, 0.1) is 13.0 Å². The lowest BCUT2D eigenvalue weighted by atomic mass is 10.1. The molecule has 1 heterocycles. The number of ether oxygens (including phenoxy) is 2. The van der Waals surface area contributed by atoms with E-state index in [-0.39, 0.29) is 18.9 Å². The van der Waals surface area contributed by atoms with E-state index >= 15 is 0 Å². The van der Waals surface area contributed by atoms with Crippen molar-refractivity contribution < 1.29 is 19.1 Å². The summed E-state index contributed by atoms with van der Waals surface area (Å²) < 4.78 is 10.2. The van der Waals surface area contributed by atoms with E-state index < -0.39 is 11.9 Å². The van der Waals surface area contributed by atoms with E-state index in [1.807, 2.05) is 0 Å². The molecule has 132 valence electrons. The Labute approximate surface area is 155 Å². The van der Waals surface area contributed by atoms with Crippen LogP contribution >= 0.6 is 34.8 Å². The minimum absolute atomic E-state index is 0.00336. The van der Waals surface area contributed by atoms with Crippen molar-refractivity contribution in [3.63, 3.8) is 0 Å². The van der Waals surface area contributed by atoms with E-state index in [1.165, 1.54) is 17.0 Å². The van der Waals surface area contributed by atoms with Gasteiger partial charge in [-0.3, -0.25) is 4.79 Å². The molecule has 1 unspecified atom stereocenters. The molecule has 0 aromatic heterocycles. The number of halogens is 3. The van der Waals surface area contributed by atoms with Crippen LogP contribution < -0.4 is 0 Å². The molecule has 1 aromatic carbocycles. The molecule has 0 aliphatic carbocycles. The molecule has 1 aliphatic heterocycles. The zero-order valence-corrected chi connectivity index (χ0v) is 15.7. The molecule has 1 fully saturated rings. The Morgan fingerprint density at radius 2 is 1.88 bits per heavy atom. The van der Waals surface area contributed by atoms with Crippen molar-refractivity contribution in [1.29, 1.82) is 0 Å². The molecule has 0 radical (unpaired) electrons. The minimum Gasteiger partial charge on any atom is -0.435 e.